The zero-order valence-corrected chi connectivity index (χ0v) is 14.3. The number of methoxy groups -OCH3 is 1. The predicted octanol–water partition coefficient (Wildman–Crippen LogP) is 2.71. The number of hydrogen-bond donors (Lipinski definition) is 1. The number of carbonyl (C=O) groups excluding carboxylic acids is 1. The Bertz CT molecular complexity index is 902. The molecule has 0 bridgehead atoms. The van der Waals surface area contributed by atoms with Crippen LogP contribution in [0, 0.1) is 0 Å². The molecule has 0 saturated heterocycles. The van der Waals surface area contributed by atoms with Crippen molar-refractivity contribution in [1.29, 1.82) is 0 Å². The molecule has 1 aliphatic heterocycles. The van der Waals surface area contributed by atoms with Gasteiger partial charge in [0.1, 0.15) is 0 Å². The normalized spacial score (nSPS) is 12.7. The number of thioether (sulfide) groups is 1. The van der Waals surface area contributed by atoms with Crippen molar-refractivity contribution < 1.29 is 9.53 Å². The molecule has 8 heteroatoms. The molecule has 1 amide bonds. The molecule has 0 radical (unpaired) electrons. The minimum atomic E-state index is -0.330. The summed E-state index contributed by atoms with van der Waals surface area (Å²) in [4.78, 5) is 17.1. The van der Waals surface area contributed by atoms with Crippen LogP contribution in [0.2, 0.25) is 0 Å². The third kappa shape index (κ3) is 3.08. The molecule has 0 unspecified atom stereocenters. The topological polar surface area (TPSA) is 81.9 Å². The second-order valence-corrected chi connectivity index (χ2v) is 6.47. The van der Waals surface area contributed by atoms with Gasteiger partial charge in [0.2, 0.25) is 5.88 Å². The van der Waals surface area contributed by atoms with Crippen LogP contribution in [0.5, 0.6) is 5.88 Å². The average molecular weight is 353 g/mol. The number of imidazole rings is 1. The summed E-state index contributed by atoms with van der Waals surface area (Å²) in [6, 6.07) is 10.8. The van der Waals surface area contributed by atoms with Gasteiger partial charge >= 0.3 is 0 Å². The molecule has 3 aromatic rings. The Morgan fingerprint density at radius 3 is 2.88 bits per heavy atom. The summed E-state index contributed by atoms with van der Waals surface area (Å²) in [5, 5.41) is 11.6. The number of hydrogen-bond acceptors (Lipinski definition) is 6. The van der Waals surface area contributed by atoms with Crippen molar-refractivity contribution in [2.24, 2.45) is 0 Å². The molecule has 3 heterocycles. The van der Waals surface area contributed by atoms with E-state index in [2.05, 4.69) is 25.1 Å². The van der Waals surface area contributed by atoms with Crippen molar-refractivity contribution in [3.8, 4) is 17.1 Å². The molecule has 1 aliphatic rings. The van der Waals surface area contributed by atoms with Gasteiger partial charge < -0.3 is 14.6 Å². The fraction of sp³-hybridized carbons (Fsp3) is 0.176. The minimum Gasteiger partial charge on any atom is -0.480 e. The van der Waals surface area contributed by atoms with Gasteiger partial charge in [-0.05, 0) is 12.1 Å². The van der Waals surface area contributed by atoms with Crippen LogP contribution in [-0.4, -0.2) is 38.5 Å². The molecular weight excluding hydrogens is 338 g/mol. The van der Waals surface area contributed by atoms with Crippen LogP contribution in [0.25, 0.3) is 11.3 Å². The summed E-state index contributed by atoms with van der Waals surface area (Å²) in [6.45, 7) is 0.961. The third-order valence-corrected chi connectivity index (χ3v) is 4.81. The number of para-hydroxylation sites is 1. The van der Waals surface area contributed by atoms with E-state index in [1.807, 2.05) is 30.5 Å². The standard InChI is InChI=1S/C17H15N5O2S/c1-24-15-7-6-13(20-21-15)16(23)18-12-5-3-2-4-11(12)14-10-22-8-9-25-17(22)19-14/h2-7,10H,8-9H2,1H3,(H,18,23). The molecular formula is C17H15N5O2S. The van der Waals surface area contributed by atoms with Gasteiger partial charge in [-0.1, -0.05) is 30.0 Å². The first kappa shape index (κ1) is 15.6. The van der Waals surface area contributed by atoms with Crippen LogP contribution in [0.15, 0.2) is 47.8 Å². The fourth-order valence-electron chi connectivity index (χ4n) is 2.59. The number of anilines is 1. The van der Waals surface area contributed by atoms with Crippen LogP contribution >= 0.6 is 11.8 Å². The van der Waals surface area contributed by atoms with E-state index in [1.54, 1.807) is 23.9 Å². The summed E-state index contributed by atoms with van der Waals surface area (Å²) in [5.41, 5.74) is 2.63. The highest BCUT2D eigenvalue weighted by molar-refractivity contribution is 7.99. The number of amides is 1. The summed E-state index contributed by atoms with van der Waals surface area (Å²) in [5.74, 6) is 1.09. The monoisotopic (exact) mass is 353 g/mol. The third-order valence-electron chi connectivity index (χ3n) is 3.84. The summed E-state index contributed by atoms with van der Waals surface area (Å²) in [6.07, 6.45) is 2.02. The van der Waals surface area contributed by atoms with Gasteiger partial charge in [-0.15, -0.1) is 10.2 Å². The van der Waals surface area contributed by atoms with Crippen LogP contribution < -0.4 is 10.1 Å². The number of ether oxygens (including phenoxy) is 1. The molecule has 1 aromatic carbocycles. The maximum absolute atomic E-state index is 12.5. The highest BCUT2D eigenvalue weighted by Crippen LogP contribution is 2.32. The fourth-order valence-corrected chi connectivity index (χ4v) is 3.53. The Hall–Kier alpha value is -2.87. The van der Waals surface area contributed by atoms with Gasteiger partial charge in [0.05, 0.1) is 18.5 Å². The summed E-state index contributed by atoms with van der Waals surface area (Å²) < 4.78 is 7.09. The van der Waals surface area contributed by atoms with E-state index in [1.165, 1.54) is 7.11 Å². The lowest BCUT2D eigenvalue weighted by Crippen LogP contribution is -2.15. The molecule has 2 aromatic heterocycles. The maximum atomic E-state index is 12.5. The average Bonchev–Trinajstić information content (AvgIpc) is 3.24. The molecule has 0 aliphatic carbocycles. The van der Waals surface area contributed by atoms with Crippen molar-refractivity contribution in [2.45, 2.75) is 11.7 Å². The summed E-state index contributed by atoms with van der Waals surface area (Å²) in [7, 11) is 1.50. The molecule has 126 valence electrons. The van der Waals surface area contributed by atoms with Gasteiger partial charge in [0.25, 0.3) is 5.91 Å². The first-order valence-corrected chi connectivity index (χ1v) is 8.71. The molecule has 25 heavy (non-hydrogen) atoms. The Labute approximate surface area is 148 Å². The second-order valence-electron chi connectivity index (χ2n) is 5.41. The largest absolute Gasteiger partial charge is 0.480 e. The quantitative estimate of drug-likeness (QED) is 0.777. The first-order valence-electron chi connectivity index (χ1n) is 7.73. The molecule has 4 rings (SSSR count). The van der Waals surface area contributed by atoms with Crippen LogP contribution in [0.1, 0.15) is 10.5 Å². The Balaban J connectivity index is 1.61. The van der Waals surface area contributed by atoms with Gasteiger partial charge in [-0.2, -0.15) is 0 Å². The first-order chi connectivity index (χ1) is 12.2. The second kappa shape index (κ2) is 6.56. The number of nitrogens with one attached hydrogen (secondary N) is 1. The number of rotatable bonds is 4. The SMILES string of the molecule is COc1ccc(C(=O)Nc2ccccc2-c2cn3c(n2)SCC3)nn1. The lowest BCUT2D eigenvalue weighted by atomic mass is 10.1. The van der Waals surface area contributed by atoms with Crippen LogP contribution in [0.4, 0.5) is 5.69 Å². The van der Waals surface area contributed by atoms with E-state index in [4.69, 9.17) is 4.74 Å². The zero-order chi connectivity index (χ0) is 17.2. The number of carbonyl (C=O) groups is 1. The Morgan fingerprint density at radius 1 is 1.24 bits per heavy atom. The van der Waals surface area contributed by atoms with E-state index in [0.29, 0.717) is 11.6 Å². The smallest absolute Gasteiger partial charge is 0.276 e. The van der Waals surface area contributed by atoms with Crippen molar-refractivity contribution >= 4 is 23.4 Å². The van der Waals surface area contributed by atoms with Crippen molar-refractivity contribution in [3.05, 3.63) is 48.3 Å². The molecule has 7 nitrogen and oxygen atoms in total. The van der Waals surface area contributed by atoms with E-state index in [9.17, 15) is 4.79 Å². The molecule has 0 spiro atoms. The predicted molar refractivity (Wildman–Crippen MR) is 94.9 cm³/mol. The highest BCUT2D eigenvalue weighted by atomic mass is 32.2. The number of fused-ring (bicyclic) bond motifs is 1. The van der Waals surface area contributed by atoms with Crippen molar-refractivity contribution in [3.63, 3.8) is 0 Å². The van der Waals surface area contributed by atoms with Crippen molar-refractivity contribution in [1.82, 2.24) is 19.7 Å². The van der Waals surface area contributed by atoms with E-state index in [-0.39, 0.29) is 11.6 Å². The van der Waals surface area contributed by atoms with Crippen LogP contribution in [0.3, 0.4) is 0 Å². The lowest BCUT2D eigenvalue weighted by molar-refractivity contribution is 0.102. The number of benzene rings is 1. The molecule has 1 N–H and O–H groups in total. The number of aryl methyl sites for hydroxylation is 1. The van der Waals surface area contributed by atoms with Gasteiger partial charge in [0.15, 0.2) is 10.9 Å². The molecule has 0 fully saturated rings. The van der Waals surface area contributed by atoms with Gasteiger partial charge in [0, 0.05) is 30.1 Å². The van der Waals surface area contributed by atoms with Gasteiger partial charge in [-0.25, -0.2) is 4.98 Å². The molecule has 0 atom stereocenters. The molecule has 0 saturated carbocycles. The van der Waals surface area contributed by atoms with E-state index in [0.717, 1.165) is 28.7 Å². The van der Waals surface area contributed by atoms with E-state index >= 15 is 0 Å². The minimum absolute atomic E-state index is 0.221. The zero-order valence-electron chi connectivity index (χ0n) is 13.5. The number of nitrogens with zero attached hydrogens (tertiary/aromatic N) is 4. The Morgan fingerprint density at radius 2 is 2.12 bits per heavy atom. The maximum Gasteiger partial charge on any atom is 0.276 e. The Kier molecular flexibility index (Phi) is 4.10. The van der Waals surface area contributed by atoms with Crippen molar-refractivity contribution in [2.75, 3.05) is 18.2 Å². The number of aromatic nitrogens is 4. The van der Waals surface area contributed by atoms with Crippen LogP contribution in [-0.2, 0) is 6.54 Å². The van der Waals surface area contributed by atoms with E-state index < -0.39 is 0 Å². The highest BCUT2D eigenvalue weighted by Gasteiger charge is 2.18. The van der Waals surface area contributed by atoms with Gasteiger partial charge in [-0.3, -0.25) is 4.79 Å². The lowest BCUT2D eigenvalue weighted by Gasteiger charge is -2.09. The summed E-state index contributed by atoms with van der Waals surface area (Å²) >= 11 is 1.74.